The lowest BCUT2D eigenvalue weighted by Gasteiger charge is -2.38. The van der Waals surface area contributed by atoms with Gasteiger partial charge in [0.05, 0.1) is 6.54 Å². The van der Waals surface area contributed by atoms with Crippen LogP contribution in [0, 0.1) is 19.3 Å². The number of carboxylic acids is 1. The van der Waals surface area contributed by atoms with Crippen molar-refractivity contribution >= 4 is 22.8 Å². The Labute approximate surface area is 165 Å². The van der Waals surface area contributed by atoms with Crippen LogP contribution in [-0.4, -0.2) is 52.5 Å². The number of carboxylic acid groups (broad SMARTS) is 1. The summed E-state index contributed by atoms with van der Waals surface area (Å²) in [6.07, 6.45) is 2.40. The van der Waals surface area contributed by atoms with E-state index in [0.29, 0.717) is 13.0 Å². The zero-order chi connectivity index (χ0) is 20.1. The van der Waals surface area contributed by atoms with Crippen molar-refractivity contribution in [1.29, 1.82) is 0 Å². The summed E-state index contributed by atoms with van der Waals surface area (Å²) in [7, 11) is 0. The highest BCUT2D eigenvalue weighted by Crippen LogP contribution is 2.44. The minimum atomic E-state index is -0.886. The van der Waals surface area contributed by atoms with E-state index < -0.39 is 12.0 Å². The highest BCUT2D eigenvalue weighted by atomic mass is 16.4. The molecule has 2 aliphatic rings. The summed E-state index contributed by atoms with van der Waals surface area (Å²) in [6.45, 7) is 8.80. The lowest BCUT2D eigenvalue weighted by atomic mass is 9.76. The average Bonchev–Trinajstić information content (AvgIpc) is 3.17. The topological polar surface area (TPSA) is 74.0 Å². The first kappa shape index (κ1) is 19.0. The van der Waals surface area contributed by atoms with Crippen molar-refractivity contribution in [2.24, 2.45) is 5.41 Å². The maximum absolute atomic E-state index is 11.9. The highest BCUT2D eigenvalue weighted by molar-refractivity contribution is 5.83. The van der Waals surface area contributed by atoms with Crippen LogP contribution in [-0.2, 0) is 16.1 Å². The number of likely N-dealkylation sites (tertiary alicyclic amines) is 2. The number of piperidine rings is 1. The van der Waals surface area contributed by atoms with Crippen LogP contribution in [0.15, 0.2) is 22.6 Å². The summed E-state index contributed by atoms with van der Waals surface area (Å²) in [6, 6.07) is 5.60. The van der Waals surface area contributed by atoms with Gasteiger partial charge in [0, 0.05) is 18.9 Å². The molecule has 1 N–H and O–H groups in total. The molecule has 2 aromatic rings. The van der Waals surface area contributed by atoms with Crippen LogP contribution < -0.4 is 0 Å². The van der Waals surface area contributed by atoms with Gasteiger partial charge >= 0.3 is 5.97 Å². The van der Waals surface area contributed by atoms with Crippen LogP contribution in [0.2, 0.25) is 0 Å². The largest absolute Gasteiger partial charge is 0.480 e. The van der Waals surface area contributed by atoms with Crippen molar-refractivity contribution in [2.75, 3.05) is 19.6 Å². The Morgan fingerprint density at radius 1 is 1.25 bits per heavy atom. The first-order valence-corrected chi connectivity index (χ1v) is 9.99. The minimum absolute atomic E-state index is 0.0642. The normalized spacial score (nSPS) is 22.2. The van der Waals surface area contributed by atoms with Crippen LogP contribution >= 0.6 is 0 Å². The number of furan rings is 1. The predicted octanol–water partition coefficient (Wildman–Crippen LogP) is 3.34. The van der Waals surface area contributed by atoms with Gasteiger partial charge in [0.2, 0.25) is 5.91 Å². The van der Waals surface area contributed by atoms with E-state index >= 15 is 0 Å². The molecule has 1 aromatic heterocycles. The van der Waals surface area contributed by atoms with E-state index in [0.717, 1.165) is 43.8 Å². The number of carbonyl (C=O) groups is 2. The first-order chi connectivity index (χ1) is 13.3. The molecule has 28 heavy (non-hydrogen) atoms. The molecular weight excluding hydrogens is 356 g/mol. The SMILES string of the molecule is CC(=O)N1CC2(CCN(Cc3oc4ccc(C)cc4c3C)CC2)CC1C(=O)O. The van der Waals surface area contributed by atoms with Crippen LogP contribution in [0.25, 0.3) is 11.0 Å². The third-order valence-electron chi connectivity index (χ3n) is 6.67. The van der Waals surface area contributed by atoms with Gasteiger partial charge in [0.1, 0.15) is 17.4 Å². The number of carbonyl (C=O) groups excluding carboxylic acids is 1. The van der Waals surface area contributed by atoms with Gasteiger partial charge in [-0.2, -0.15) is 0 Å². The molecule has 0 bridgehead atoms. The van der Waals surface area contributed by atoms with E-state index in [1.807, 2.05) is 6.07 Å². The number of benzene rings is 1. The second-order valence-electron chi connectivity index (χ2n) is 8.63. The number of hydrogen-bond acceptors (Lipinski definition) is 4. The minimum Gasteiger partial charge on any atom is -0.480 e. The van der Waals surface area contributed by atoms with Crippen molar-refractivity contribution in [3.8, 4) is 0 Å². The second-order valence-corrected chi connectivity index (χ2v) is 8.63. The smallest absolute Gasteiger partial charge is 0.326 e. The molecule has 1 atom stereocenters. The summed E-state index contributed by atoms with van der Waals surface area (Å²) in [5.74, 6) is -0.0145. The number of fused-ring (bicyclic) bond motifs is 1. The van der Waals surface area contributed by atoms with Gasteiger partial charge in [-0.05, 0) is 69.3 Å². The molecular formula is C22H28N2O4. The van der Waals surface area contributed by atoms with Gasteiger partial charge in [-0.1, -0.05) is 11.6 Å². The van der Waals surface area contributed by atoms with Crippen molar-refractivity contribution in [1.82, 2.24) is 9.80 Å². The molecule has 2 aliphatic heterocycles. The first-order valence-electron chi connectivity index (χ1n) is 9.99. The lowest BCUT2D eigenvalue weighted by Crippen LogP contribution is -2.42. The number of nitrogens with zero attached hydrogens (tertiary/aromatic N) is 2. The molecule has 0 saturated carbocycles. The van der Waals surface area contributed by atoms with Gasteiger partial charge in [0.25, 0.3) is 0 Å². The van der Waals surface area contributed by atoms with Crippen LogP contribution in [0.4, 0.5) is 0 Å². The number of rotatable bonds is 3. The van der Waals surface area contributed by atoms with Gasteiger partial charge in [0.15, 0.2) is 0 Å². The molecule has 1 amide bonds. The summed E-state index contributed by atoms with van der Waals surface area (Å²) in [5.41, 5.74) is 3.30. The molecule has 2 fully saturated rings. The molecule has 6 nitrogen and oxygen atoms in total. The molecule has 0 radical (unpaired) electrons. The lowest BCUT2D eigenvalue weighted by molar-refractivity contribution is -0.147. The van der Waals surface area contributed by atoms with E-state index in [1.165, 1.54) is 23.4 Å². The van der Waals surface area contributed by atoms with Gasteiger partial charge in [-0.25, -0.2) is 4.79 Å². The maximum atomic E-state index is 11.9. The Balaban J connectivity index is 1.44. The van der Waals surface area contributed by atoms with E-state index in [4.69, 9.17) is 4.42 Å². The Hall–Kier alpha value is -2.34. The molecule has 150 valence electrons. The zero-order valence-corrected chi connectivity index (χ0v) is 16.8. The van der Waals surface area contributed by atoms with Crippen molar-refractivity contribution in [3.63, 3.8) is 0 Å². The number of aryl methyl sites for hydroxylation is 2. The van der Waals surface area contributed by atoms with E-state index in [9.17, 15) is 14.7 Å². The van der Waals surface area contributed by atoms with E-state index in [2.05, 4.69) is 30.9 Å². The average molecular weight is 384 g/mol. The molecule has 3 heterocycles. The molecule has 1 spiro atoms. The van der Waals surface area contributed by atoms with Crippen LogP contribution in [0.5, 0.6) is 0 Å². The fraction of sp³-hybridized carbons (Fsp3) is 0.545. The summed E-state index contributed by atoms with van der Waals surface area (Å²) in [5, 5.41) is 10.7. The Bertz CT molecular complexity index is 900. The molecule has 2 saturated heterocycles. The Kier molecular flexibility index (Phi) is 4.70. The predicted molar refractivity (Wildman–Crippen MR) is 106 cm³/mol. The third kappa shape index (κ3) is 3.30. The van der Waals surface area contributed by atoms with Crippen LogP contribution in [0.1, 0.15) is 43.1 Å². The molecule has 0 aliphatic carbocycles. The van der Waals surface area contributed by atoms with Crippen molar-refractivity contribution in [3.05, 3.63) is 35.1 Å². The monoisotopic (exact) mass is 384 g/mol. The zero-order valence-electron chi connectivity index (χ0n) is 16.8. The fourth-order valence-electron chi connectivity index (χ4n) is 4.89. The number of amides is 1. The third-order valence-corrected chi connectivity index (χ3v) is 6.67. The molecule has 6 heteroatoms. The van der Waals surface area contributed by atoms with Crippen molar-refractivity contribution < 1.29 is 19.1 Å². The highest BCUT2D eigenvalue weighted by Gasteiger charge is 2.49. The van der Waals surface area contributed by atoms with E-state index in [1.54, 1.807) is 4.90 Å². The molecule has 4 rings (SSSR count). The van der Waals surface area contributed by atoms with Gasteiger partial charge in [-0.3, -0.25) is 9.69 Å². The standard InChI is InChI=1S/C22H28N2O4/c1-14-4-5-19-17(10-14)15(2)20(28-19)12-23-8-6-22(7-9-23)11-18(21(26)27)24(13-22)16(3)25/h4-5,10,18H,6-9,11-13H2,1-3H3,(H,26,27). The Morgan fingerprint density at radius 2 is 1.96 bits per heavy atom. The number of aliphatic carboxylic acids is 1. The van der Waals surface area contributed by atoms with Crippen molar-refractivity contribution in [2.45, 2.75) is 52.6 Å². The summed E-state index contributed by atoms with van der Waals surface area (Å²) in [4.78, 5) is 27.4. The van der Waals surface area contributed by atoms with Gasteiger partial charge < -0.3 is 14.4 Å². The quantitative estimate of drug-likeness (QED) is 0.879. The van der Waals surface area contributed by atoms with E-state index in [-0.39, 0.29) is 11.3 Å². The molecule has 1 unspecified atom stereocenters. The number of hydrogen-bond donors (Lipinski definition) is 1. The van der Waals surface area contributed by atoms with Crippen LogP contribution in [0.3, 0.4) is 0 Å². The Morgan fingerprint density at radius 3 is 2.57 bits per heavy atom. The summed E-state index contributed by atoms with van der Waals surface area (Å²) < 4.78 is 6.10. The van der Waals surface area contributed by atoms with Gasteiger partial charge in [-0.15, -0.1) is 0 Å². The summed E-state index contributed by atoms with van der Waals surface area (Å²) >= 11 is 0. The maximum Gasteiger partial charge on any atom is 0.326 e. The fourth-order valence-corrected chi connectivity index (χ4v) is 4.89. The molecule has 1 aromatic carbocycles. The second kappa shape index (κ2) is 6.92.